The van der Waals surface area contributed by atoms with E-state index in [9.17, 15) is 5.26 Å². The molecule has 0 radical (unpaired) electrons. The van der Waals surface area contributed by atoms with Crippen LogP contribution in [0.3, 0.4) is 0 Å². The van der Waals surface area contributed by atoms with Crippen molar-refractivity contribution in [3.05, 3.63) is 69.6 Å². The Morgan fingerprint density at radius 1 is 1.12 bits per heavy atom. The van der Waals surface area contributed by atoms with E-state index in [1.54, 1.807) is 0 Å². The number of ether oxygens (including phenoxy) is 1. The topological polar surface area (TPSA) is 33.0 Å². The van der Waals surface area contributed by atoms with Gasteiger partial charge >= 0.3 is 0 Å². The molecular formula is C21H19Br2NO. The van der Waals surface area contributed by atoms with Gasteiger partial charge < -0.3 is 4.74 Å². The Balaban J connectivity index is 1.84. The molecule has 0 heterocycles. The largest absolute Gasteiger partial charge is 0.457 e. The first-order valence-electron chi connectivity index (χ1n) is 8.19. The van der Waals surface area contributed by atoms with Crippen molar-refractivity contribution in [2.45, 2.75) is 19.8 Å². The Morgan fingerprint density at radius 2 is 1.80 bits per heavy atom. The minimum Gasteiger partial charge on any atom is -0.457 e. The number of allylic oxidation sites excluding steroid dienone is 1. The van der Waals surface area contributed by atoms with E-state index >= 15 is 0 Å². The van der Waals surface area contributed by atoms with E-state index in [2.05, 4.69) is 57.9 Å². The second-order valence-electron chi connectivity index (χ2n) is 6.92. The van der Waals surface area contributed by atoms with Crippen LogP contribution in [-0.2, 0) is 0 Å². The van der Waals surface area contributed by atoms with Crippen LogP contribution in [0.15, 0.2) is 64.1 Å². The molecule has 3 atom stereocenters. The summed E-state index contributed by atoms with van der Waals surface area (Å²) < 4.78 is 6.86. The van der Waals surface area contributed by atoms with Crippen LogP contribution in [0.1, 0.15) is 25.3 Å². The number of hydrogen-bond donors (Lipinski definition) is 0. The highest BCUT2D eigenvalue weighted by Gasteiger charge is 2.60. The van der Waals surface area contributed by atoms with Crippen LogP contribution in [0.25, 0.3) is 0 Å². The highest BCUT2D eigenvalue weighted by Crippen LogP contribution is 2.65. The van der Waals surface area contributed by atoms with E-state index in [0.29, 0.717) is 5.92 Å². The zero-order valence-corrected chi connectivity index (χ0v) is 17.3. The predicted octanol–water partition coefficient (Wildman–Crippen LogP) is 6.99. The molecule has 0 saturated heterocycles. The van der Waals surface area contributed by atoms with Crippen molar-refractivity contribution >= 4 is 31.9 Å². The van der Waals surface area contributed by atoms with Gasteiger partial charge in [0, 0.05) is 0 Å². The molecule has 1 fully saturated rings. The molecule has 2 nitrogen and oxygen atoms in total. The molecule has 0 aliphatic heterocycles. The summed E-state index contributed by atoms with van der Waals surface area (Å²) in [5, 5.41) is 9.82. The first kappa shape index (κ1) is 18.2. The van der Waals surface area contributed by atoms with Gasteiger partial charge in [-0.05, 0) is 78.9 Å². The second kappa shape index (κ2) is 7.35. The summed E-state index contributed by atoms with van der Waals surface area (Å²) in [6, 6.07) is 20.1. The standard InChI is InChI=1S/C21H19Br2NO/c1-21(2)18(12-19(22)23)20(21)17(13-24)14-7-6-10-16(11-14)25-15-8-4-3-5-9-15/h3-12,17-18,20H,1-2H3/t17-,18+,20+/m1/s1. The highest BCUT2D eigenvalue weighted by atomic mass is 79.9. The summed E-state index contributed by atoms with van der Waals surface area (Å²) in [7, 11) is 0. The van der Waals surface area contributed by atoms with Gasteiger partial charge in [0.15, 0.2) is 0 Å². The highest BCUT2D eigenvalue weighted by molar-refractivity contribution is 9.28. The Morgan fingerprint density at radius 3 is 2.44 bits per heavy atom. The van der Waals surface area contributed by atoms with Crippen molar-refractivity contribution < 1.29 is 4.74 Å². The quantitative estimate of drug-likeness (QED) is 0.481. The molecule has 128 valence electrons. The number of rotatable bonds is 5. The molecule has 2 aromatic carbocycles. The second-order valence-corrected chi connectivity index (χ2v) is 9.70. The van der Waals surface area contributed by atoms with Crippen LogP contribution in [0.2, 0.25) is 0 Å². The maximum absolute atomic E-state index is 9.82. The smallest absolute Gasteiger partial charge is 0.127 e. The summed E-state index contributed by atoms with van der Waals surface area (Å²) in [5.41, 5.74) is 1.11. The third-order valence-electron chi connectivity index (χ3n) is 5.00. The molecule has 3 rings (SSSR count). The minimum absolute atomic E-state index is 0.101. The Labute approximate surface area is 165 Å². The molecule has 2 aromatic rings. The van der Waals surface area contributed by atoms with Gasteiger partial charge in [0.1, 0.15) is 11.5 Å². The van der Waals surface area contributed by atoms with Crippen molar-refractivity contribution in [2.24, 2.45) is 17.3 Å². The Hall–Kier alpha value is -1.57. The van der Waals surface area contributed by atoms with E-state index < -0.39 is 0 Å². The number of para-hydroxylation sites is 1. The van der Waals surface area contributed by atoms with Gasteiger partial charge in [-0.15, -0.1) is 0 Å². The van der Waals surface area contributed by atoms with Gasteiger partial charge in [-0.1, -0.05) is 50.3 Å². The van der Waals surface area contributed by atoms with E-state index in [4.69, 9.17) is 4.74 Å². The average Bonchev–Trinajstić information content (AvgIpc) is 3.09. The van der Waals surface area contributed by atoms with Gasteiger partial charge in [0.05, 0.1) is 15.4 Å². The first-order valence-corrected chi connectivity index (χ1v) is 9.77. The van der Waals surface area contributed by atoms with Crippen molar-refractivity contribution in [3.8, 4) is 17.6 Å². The molecule has 0 spiro atoms. The summed E-state index contributed by atoms with van der Waals surface area (Å²) in [4.78, 5) is 0. The van der Waals surface area contributed by atoms with Gasteiger partial charge in [-0.25, -0.2) is 0 Å². The van der Waals surface area contributed by atoms with E-state index in [1.165, 1.54) is 0 Å². The first-order chi connectivity index (χ1) is 11.9. The lowest BCUT2D eigenvalue weighted by atomic mass is 9.91. The molecule has 1 aliphatic rings. The number of benzene rings is 2. The summed E-state index contributed by atoms with van der Waals surface area (Å²) in [6.07, 6.45) is 2.15. The van der Waals surface area contributed by atoms with Gasteiger partial charge in [0.2, 0.25) is 0 Å². The fourth-order valence-corrected chi connectivity index (χ4v) is 4.14. The van der Waals surface area contributed by atoms with Crippen LogP contribution in [0.5, 0.6) is 11.5 Å². The van der Waals surface area contributed by atoms with Crippen LogP contribution in [-0.4, -0.2) is 0 Å². The van der Waals surface area contributed by atoms with Crippen molar-refractivity contribution in [1.82, 2.24) is 0 Å². The fraction of sp³-hybridized carbons (Fsp3) is 0.286. The Kier molecular flexibility index (Phi) is 5.36. The zero-order valence-electron chi connectivity index (χ0n) is 14.1. The molecule has 0 unspecified atom stereocenters. The number of nitriles is 1. The number of nitrogens with zero attached hydrogens (tertiary/aromatic N) is 1. The van der Waals surface area contributed by atoms with Gasteiger partial charge in [0.25, 0.3) is 0 Å². The third kappa shape index (κ3) is 3.99. The summed E-state index contributed by atoms with van der Waals surface area (Å²) in [5.74, 6) is 2.05. The lowest BCUT2D eigenvalue weighted by Crippen LogP contribution is -2.03. The van der Waals surface area contributed by atoms with Crippen molar-refractivity contribution in [3.63, 3.8) is 0 Å². The van der Waals surface area contributed by atoms with E-state index in [-0.39, 0.29) is 17.3 Å². The van der Waals surface area contributed by atoms with E-state index in [1.807, 2.05) is 54.6 Å². The minimum atomic E-state index is -0.157. The lowest BCUT2D eigenvalue weighted by molar-refractivity contribution is 0.479. The molecule has 0 bridgehead atoms. The lowest BCUT2D eigenvalue weighted by Gasteiger charge is -2.13. The van der Waals surface area contributed by atoms with Crippen molar-refractivity contribution in [2.75, 3.05) is 0 Å². The number of hydrogen-bond acceptors (Lipinski definition) is 2. The maximum atomic E-state index is 9.82. The molecular weight excluding hydrogens is 442 g/mol. The summed E-state index contributed by atoms with van der Waals surface area (Å²) in [6.45, 7) is 4.44. The SMILES string of the molecule is CC1(C)[C@@H]([C@H](C#N)c2cccc(Oc3ccccc3)c2)[C@@H]1C=C(Br)Br. The monoisotopic (exact) mass is 459 g/mol. The fourth-order valence-electron chi connectivity index (χ4n) is 3.57. The average molecular weight is 461 g/mol. The molecule has 1 saturated carbocycles. The van der Waals surface area contributed by atoms with Gasteiger partial charge in [-0.2, -0.15) is 5.26 Å². The summed E-state index contributed by atoms with van der Waals surface area (Å²) >= 11 is 6.89. The third-order valence-corrected chi connectivity index (χ3v) is 5.52. The van der Waals surface area contributed by atoms with Crippen LogP contribution < -0.4 is 4.74 Å². The van der Waals surface area contributed by atoms with Crippen molar-refractivity contribution in [1.29, 1.82) is 5.26 Å². The number of halogens is 2. The van der Waals surface area contributed by atoms with Crippen LogP contribution >= 0.6 is 31.9 Å². The van der Waals surface area contributed by atoms with Crippen LogP contribution in [0, 0.1) is 28.6 Å². The molecule has 0 N–H and O–H groups in total. The molecule has 4 heteroatoms. The molecule has 0 aromatic heterocycles. The maximum Gasteiger partial charge on any atom is 0.127 e. The molecule has 0 amide bonds. The zero-order chi connectivity index (χ0) is 18.0. The molecule has 1 aliphatic carbocycles. The van der Waals surface area contributed by atoms with E-state index in [0.717, 1.165) is 20.5 Å². The van der Waals surface area contributed by atoms with Gasteiger partial charge in [-0.3, -0.25) is 0 Å². The Bertz CT molecular complexity index is 819. The molecule has 25 heavy (non-hydrogen) atoms. The predicted molar refractivity (Wildman–Crippen MR) is 108 cm³/mol. The van der Waals surface area contributed by atoms with Crippen LogP contribution in [0.4, 0.5) is 0 Å². The normalized spacial score (nSPS) is 21.7.